The number of aromatic amines is 1. The molecule has 1 amide bonds. The third kappa shape index (κ3) is 7.05. The minimum absolute atomic E-state index is 0.0723. The number of nitrogens with zero attached hydrogens (tertiary/aromatic N) is 2. The highest BCUT2D eigenvalue weighted by Gasteiger charge is 2.25. The van der Waals surface area contributed by atoms with E-state index < -0.39 is 17.9 Å². The molecule has 1 aliphatic rings. The lowest BCUT2D eigenvalue weighted by Gasteiger charge is -2.33. The van der Waals surface area contributed by atoms with Gasteiger partial charge in [-0.25, -0.2) is 9.78 Å². The van der Waals surface area contributed by atoms with Gasteiger partial charge in [-0.05, 0) is 92.1 Å². The zero-order chi connectivity index (χ0) is 30.5. The van der Waals surface area contributed by atoms with Gasteiger partial charge in [0.05, 0.1) is 11.0 Å². The molecule has 1 fully saturated rings. The van der Waals surface area contributed by atoms with Gasteiger partial charge >= 0.3 is 5.97 Å². The number of nitrogens with one attached hydrogen (secondary N) is 3. The lowest BCUT2D eigenvalue weighted by Crippen LogP contribution is -2.43. The summed E-state index contributed by atoms with van der Waals surface area (Å²) >= 11 is 0. The first-order valence-corrected chi connectivity index (χ1v) is 14.9. The maximum absolute atomic E-state index is 13.2. The van der Waals surface area contributed by atoms with Crippen LogP contribution in [0.15, 0.2) is 60.7 Å². The fraction of sp³-hybridized carbons (Fsp3) is 0.353. The van der Waals surface area contributed by atoms with Crippen LogP contribution in [-0.4, -0.2) is 58.4 Å². The number of hydrogen-bond acceptors (Lipinski definition) is 6. The van der Waals surface area contributed by atoms with Gasteiger partial charge in [0, 0.05) is 42.9 Å². The number of benzene rings is 3. The number of amides is 1. The molecule has 0 spiro atoms. The Labute approximate surface area is 251 Å². The van der Waals surface area contributed by atoms with Crippen molar-refractivity contribution < 1.29 is 19.5 Å². The number of rotatable bonds is 11. The van der Waals surface area contributed by atoms with Gasteiger partial charge in [-0.15, -0.1) is 0 Å². The van der Waals surface area contributed by atoms with Gasteiger partial charge in [0.2, 0.25) is 5.95 Å². The highest BCUT2D eigenvalue weighted by molar-refractivity contribution is 6.01. The molecule has 0 bridgehead atoms. The van der Waals surface area contributed by atoms with Crippen LogP contribution in [0.1, 0.15) is 64.1 Å². The summed E-state index contributed by atoms with van der Waals surface area (Å²) in [6, 6.07) is 18.3. The molecule has 1 aromatic heterocycles. The van der Waals surface area contributed by atoms with Gasteiger partial charge in [0.15, 0.2) is 5.78 Å². The number of ketones is 1. The van der Waals surface area contributed by atoms with E-state index in [9.17, 15) is 19.5 Å². The zero-order valence-electron chi connectivity index (χ0n) is 24.9. The van der Waals surface area contributed by atoms with Crippen molar-refractivity contribution in [1.82, 2.24) is 15.3 Å². The van der Waals surface area contributed by atoms with Crippen LogP contribution in [0.4, 0.5) is 11.6 Å². The number of anilines is 2. The predicted octanol–water partition coefficient (Wildman–Crippen LogP) is 5.39. The van der Waals surface area contributed by atoms with Crippen LogP contribution in [0.5, 0.6) is 0 Å². The van der Waals surface area contributed by atoms with Crippen LogP contribution in [0.3, 0.4) is 0 Å². The number of aromatic nitrogens is 2. The molecule has 3 aromatic carbocycles. The van der Waals surface area contributed by atoms with Gasteiger partial charge < -0.3 is 25.6 Å². The van der Waals surface area contributed by atoms with Gasteiger partial charge in [0.25, 0.3) is 5.91 Å². The predicted molar refractivity (Wildman–Crippen MR) is 169 cm³/mol. The Morgan fingerprint density at radius 2 is 1.79 bits per heavy atom. The summed E-state index contributed by atoms with van der Waals surface area (Å²) in [5.74, 6) is -0.240. The molecule has 1 saturated heterocycles. The highest BCUT2D eigenvalue weighted by atomic mass is 16.4. The average Bonchev–Trinajstić information content (AvgIpc) is 3.43. The van der Waals surface area contributed by atoms with Crippen molar-refractivity contribution in [2.24, 2.45) is 5.92 Å². The number of hydrogen-bond donors (Lipinski definition) is 4. The van der Waals surface area contributed by atoms with Crippen molar-refractivity contribution >= 4 is 40.3 Å². The monoisotopic (exact) mass is 581 g/mol. The number of fused-ring (bicyclic) bond motifs is 1. The summed E-state index contributed by atoms with van der Waals surface area (Å²) in [6.45, 7) is 7.94. The van der Waals surface area contributed by atoms with Crippen LogP contribution in [-0.2, 0) is 17.6 Å². The first kappa shape index (κ1) is 29.8. The first-order valence-electron chi connectivity index (χ1n) is 14.9. The average molecular weight is 582 g/mol. The molecule has 0 saturated carbocycles. The Balaban J connectivity index is 1.15. The van der Waals surface area contributed by atoms with Crippen LogP contribution < -0.4 is 15.5 Å². The number of H-pyrrole nitrogens is 1. The van der Waals surface area contributed by atoms with E-state index in [2.05, 4.69) is 25.5 Å². The second-order valence-electron chi connectivity index (χ2n) is 11.4. The molecule has 4 aromatic rings. The maximum Gasteiger partial charge on any atom is 0.326 e. The van der Waals surface area contributed by atoms with Crippen molar-refractivity contribution in [2.45, 2.75) is 52.5 Å². The molecule has 2 heterocycles. The number of imidazole rings is 1. The molecular formula is C34H39N5O4. The summed E-state index contributed by atoms with van der Waals surface area (Å²) in [5.41, 5.74) is 6.30. The Kier molecular flexibility index (Phi) is 9.09. The Hall–Kier alpha value is -4.66. The minimum Gasteiger partial charge on any atom is -0.480 e. The largest absolute Gasteiger partial charge is 0.480 e. The van der Waals surface area contributed by atoms with E-state index in [1.807, 2.05) is 55.5 Å². The van der Waals surface area contributed by atoms with Gasteiger partial charge in [-0.2, -0.15) is 0 Å². The Bertz CT molecular complexity index is 1590. The van der Waals surface area contributed by atoms with E-state index >= 15 is 0 Å². The third-order valence-corrected chi connectivity index (χ3v) is 8.34. The van der Waals surface area contributed by atoms with E-state index in [1.165, 1.54) is 6.92 Å². The summed E-state index contributed by atoms with van der Waals surface area (Å²) in [5, 5.41) is 16.1. The van der Waals surface area contributed by atoms with E-state index in [0.717, 1.165) is 66.3 Å². The molecule has 9 nitrogen and oxygen atoms in total. The van der Waals surface area contributed by atoms with Crippen molar-refractivity contribution in [3.05, 3.63) is 88.5 Å². The number of piperidine rings is 1. The fourth-order valence-corrected chi connectivity index (χ4v) is 5.85. The zero-order valence-corrected chi connectivity index (χ0v) is 24.9. The van der Waals surface area contributed by atoms with Gasteiger partial charge in [-0.1, -0.05) is 31.2 Å². The Morgan fingerprint density at radius 1 is 1.07 bits per heavy atom. The smallest absolute Gasteiger partial charge is 0.326 e. The van der Waals surface area contributed by atoms with E-state index in [-0.39, 0.29) is 12.2 Å². The van der Waals surface area contributed by atoms with Crippen molar-refractivity contribution in [1.29, 1.82) is 0 Å². The van der Waals surface area contributed by atoms with Crippen LogP contribution in [0, 0.1) is 12.8 Å². The quantitative estimate of drug-likeness (QED) is 0.175. The summed E-state index contributed by atoms with van der Waals surface area (Å²) in [6.07, 6.45) is 2.85. The number of carbonyl (C=O) groups excluding carboxylic acids is 2. The first-order chi connectivity index (χ1) is 20.7. The van der Waals surface area contributed by atoms with E-state index in [0.29, 0.717) is 29.0 Å². The number of para-hydroxylation sites is 2. The molecule has 9 heteroatoms. The normalized spacial score (nSPS) is 14.4. The lowest BCUT2D eigenvalue weighted by atomic mass is 9.94. The summed E-state index contributed by atoms with van der Waals surface area (Å²) in [7, 11) is 0. The number of aliphatic carboxylic acids is 1. The standard InChI is InChI=1S/C34H39N5O4/c1-4-25-19-26(22(3)40)17-21(2)31(25)32(41)36-30(33(42)43)18-23-9-11-27(12-10-23)39-15-13-24(14-16-39)20-35-34-37-28-7-5-6-8-29(28)38-34/h5-12,17,19,24,30H,4,13-16,18,20H2,1-3H3,(H,36,41)(H,42,43)(H2,35,37,38). The molecule has 1 aliphatic heterocycles. The van der Waals surface area contributed by atoms with Crippen molar-refractivity contribution in [2.75, 3.05) is 29.9 Å². The van der Waals surface area contributed by atoms with Crippen molar-refractivity contribution in [3.8, 4) is 0 Å². The molecule has 4 N–H and O–H groups in total. The molecular weight excluding hydrogens is 542 g/mol. The van der Waals surface area contributed by atoms with Crippen LogP contribution in [0.2, 0.25) is 0 Å². The molecule has 0 radical (unpaired) electrons. The summed E-state index contributed by atoms with van der Waals surface area (Å²) in [4.78, 5) is 47.5. The molecule has 5 rings (SSSR count). The second kappa shape index (κ2) is 13.1. The minimum atomic E-state index is -1.09. The number of carboxylic acid groups (broad SMARTS) is 1. The number of Topliss-reactive ketones (excluding diaryl/α,β-unsaturated/α-hetero) is 1. The van der Waals surface area contributed by atoms with E-state index in [1.54, 1.807) is 19.1 Å². The highest BCUT2D eigenvalue weighted by Crippen LogP contribution is 2.25. The molecule has 43 heavy (non-hydrogen) atoms. The lowest BCUT2D eigenvalue weighted by molar-refractivity contribution is -0.139. The van der Waals surface area contributed by atoms with Crippen LogP contribution >= 0.6 is 0 Å². The summed E-state index contributed by atoms with van der Waals surface area (Å²) < 4.78 is 0. The number of carbonyl (C=O) groups is 3. The third-order valence-electron chi connectivity index (χ3n) is 8.34. The fourth-order valence-electron chi connectivity index (χ4n) is 5.85. The molecule has 1 unspecified atom stereocenters. The topological polar surface area (TPSA) is 127 Å². The van der Waals surface area contributed by atoms with E-state index in [4.69, 9.17) is 0 Å². The number of carboxylic acids is 1. The maximum atomic E-state index is 13.2. The number of aryl methyl sites for hydroxylation is 2. The molecule has 0 aliphatic carbocycles. The van der Waals surface area contributed by atoms with Gasteiger partial charge in [0.1, 0.15) is 6.04 Å². The van der Waals surface area contributed by atoms with Crippen LogP contribution in [0.25, 0.3) is 11.0 Å². The van der Waals surface area contributed by atoms with Crippen molar-refractivity contribution in [3.63, 3.8) is 0 Å². The Morgan fingerprint density at radius 3 is 2.44 bits per heavy atom. The SMILES string of the molecule is CCc1cc(C(C)=O)cc(C)c1C(=O)NC(Cc1ccc(N2CCC(CNc3nc4ccccc4[nH]3)CC2)cc1)C(=O)O. The molecule has 1 atom stereocenters. The molecule has 224 valence electrons. The van der Waals surface area contributed by atoms with Gasteiger partial charge in [-0.3, -0.25) is 9.59 Å². The second-order valence-corrected chi connectivity index (χ2v) is 11.4.